The fourth-order valence-electron chi connectivity index (χ4n) is 1.08. The van der Waals surface area contributed by atoms with E-state index < -0.39 is 11.9 Å². The van der Waals surface area contributed by atoms with Crippen molar-refractivity contribution in [1.82, 2.24) is 14.8 Å². The average Bonchev–Trinajstić information content (AvgIpc) is 2.82. The van der Waals surface area contributed by atoms with E-state index in [1.54, 1.807) is 0 Å². The molecule has 2 aromatic rings. The molecular formula is C8H5ClN4O3S. The molecule has 7 nitrogen and oxygen atoms in total. The van der Waals surface area contributed by atoms with Crippen molar-refractivity contribution in [3.05, 3.63) is 28.0 Å². The molecular weight excluding hydrogens is 268 g/mol. The van der Waals surface area contributed by atoms with Gasteiger partial charge in [0, 0.05) is 6.20 Å². The third-order valence-electron chi connectivity index (χ3n) is 1.83. The van der Waals surface area contributed by atoms with E-state index in [-0.39, 0.29) is 20.7 Å². The van der Waals surface area contributed by atoms with Crippen LogP contribution >= 0.6 is 22.9 Å². The molecule has 1 amide bonds. The Morgan fingerprint density at radius 1 is 1.53 bits per heavy atom. The van der Waals surface area contributed by atoms with Crippen LogP contribution in [0, 0.1) is 0 Å². The first-order valence-corrected chi connectivity index (χ1v) is 5.43. The number of nitrogens with zero attached hydrogens (tertiary/aromatic N) is 3. The first-order valence-electron chi connectivity index (χ1n) is 4.23. The van der Waals surface area contributed by atoms with Gasteiger partial charge in [-0.2, -0.15) is 5.10 Å². The van der Waals surface area contributed by atoms with Crippen LogP contribution in [0.3, 0.4) is 0 Å². The Kier molecular flexibility index (Phi) is 2.82. The minimum absolute atomic E-state index is 0.0854. The fraction of sp³-hybridized carbons (Fsp3) is 0. The molecule has 2 rings (SSSR count). The molecule has 0 aliphatic rings. The van der Waals surface area contributed by atoms with Crippen LogP contribution in [0.4, 0.5) is 0 Å². The first kappa shape index (κ1) is 11.6. The summed E-state index contributed by atoms with van der Waals surface area (Å²) in [6.45, 7) is 0. The van der Waals surface area contributed by atoms with Gasteiger partial charge in [-0.15, -0.1) is 0 Å². The molecule has 3 N–H and O–H groups in total. The number of thiazole rings is 1. The van der Waals surface area contributed by atoms with Gasteiger partial charge >= 0.3 is 5.97 Å². The number of amides is 1. The number of nitrogens with two attached hydrogens (primary N) is 1. The van der Waals surface area contributed by atoms with Crippen molar-refractivity contribution in [1.29, 1.82) is 0 Å². The highest BCUT2D eigenvalue weighted by molar-refractivity contribution is 7.16. The Hall–Kier alpha value is -1.93. The second kappa shape index (κ2) is 4.15. The standard InChI is InChI=1S/C8H5ClN4O3S/c9-5-4(7(15)16)17-8(12-5)13-2-3(1-11-13)6(10)14/h1-2H,(H2,10,14)(H,15,16). The molecule has 0 aliphatic heterocycles. The lowest BCUT2D eigenvalue weighted by molar-refractivity contribution is 0.0702. The number of halogens is 1. The van der Waals surface area contributed by atoms with Crippen LogP contribution in [-0.4, -0.2) is 31.7 Å². The number of aromatic carboxylic acids is 1. The van der Waals surface area contributed by atoms with Crippen LogP contribution in [0.25, 0.3) is 5.13 Å². The molecule has 2 aromatic heterocycles. The van der Waals surface area contributed by atoms with Gasteiger partial charge in [0.15, 0.2) is 10.0 Å². The van der Waals surface area contributed by atoms with E-state index in [2.05, 4.69) is 10.1 Å². The minimum atomic E-state index is -1.17. The first-order chi connectivity index (χ1) is 7.99. The number of carbonyl (C=O) groups excluding carboxylic acids is 1. The molecule has 0 fully saturated rings. The predicted octanol–water partition coefficient (Wildman–Crippen LogP) is 0.779. The number of carboxylic acid groups (broad SMARTS) is 1. The zero-order valence-electron chi connectivity index (χ0n) is 8.12. The van der Waals surface area contributed by atoms with E-state index in [9.17, 15) is 9.59 Å². The van der Waals surface area contributed by atoms with Gasteiger partial charge in [0.05, 0.1) is 11.8 Å². The molecule has 0 spiro atoms. The normalized spacial score (nSPS) is 10.4. The maximum Gasteiger partial charge on any atom is 0.349 e. The topological polar surface area (TPSA) is 111 Å². The quantitative estimate of drug-likeness (QED) is 0.857. The molecule has 17 heavy (non-hydrogen) atoms. The van der Waals surface area contributed by atoms with Crippen LogP contribution in [0.15, 0.2) is 12.4 Å². The molecule has 2 heterocycles. The number of hydrogen-bond acceptors (Lipinski definition) is 5. The summed E-state index contributed by atoms with van der Waals surface area (Å²) in [6.07, 6.45) is 2.61. The van der Waals surface area contributed by atoms with Gasteiger partial charge in [-0.3, -0.25) is 4.79 Å². The highest BCUT2D eigenvalue weighted by atomic mass is 35.5. The maximum absolute atomic E-state index is 10.9. The van der Waals surface area contributed by atoms with Crippen molar-refractivity contribution >= 4 is 34.8 Å². The van der Waals surface area contributed by atoms with Gasteiger partial charge in [-0.1, -0.05) is 22.9 Å². The highest BCUT2D eigenvalue weighted by Gasteiger charge is 2.17. The van der Waals surface area contributed by atoms with Crippen molar-refractivity contribution in [2.24, 2.45) is 5.73 Å². The summed E-state index contributed by atoms with van der Waals surface area (Å²) in [4.78, 5) is 25.4. The summed E-state index contributed by atoms with van der Waals surface area (Å²) in [6, 6.07) is 0. The van der Waals surface area contributed by atoms with Crippen molar-refractivity contribution in [2.45, 2.75) is 0 Å². The van der Waals surface area contributed by atoms with Gasteiger partial charge in [0.2, 0.25) is 5.13 Å². The molecule has 0 radical (unpaired) electrons. The molecule has 0 atom stereocenters. The molecule has 0 saturated heterocycles. The molecule has 0 aliphatic carbocycles. The van der Waals surface area contributed by atoms with E-state index in [4.69, 9.17) is 22.4 Å². The molecule has 0 bridgehead atoms. The van der Waals surface area contributed by atoms with Crippen LogP contribution in [-0.2, 0) is 0 Å². The molecule has 0 saturated carbocycles. The van der Waals surface area contributed by atoms with Crippen LogP contribution in [0.5, 0.6) is 0 Å². The number of carbonyl (C=O) groups is 2. The number of rotatable bonds is 3. The third kappa shape index (κ3) is 2.12. The van der Waals surface area contributed by atoms with Gasteiger partial charge in [-0.25, -0.2) is 14.5 Å². The van der Waals surface area contributed by atoms with Crippen LogP contribution < -0.4 is 5.73 Å². The van der Waals surface area contributed by atoms with Crippen molar-refractivity contribution in [3.63, 3.8) is 0 Å². The summed E-state index contributed by atoms with van der Waals surface area (Å²) >= 11 is 6.50. The summed E-state index contributed by atoms with van der Waals surface area (Å²) in [5, 5.41) is 12.8. The fourth-order valence-corrected chi connectivity index (χ4v) is 2.13. The smallest absolute Gasteiger partial charge is 0.349 e. The lowest BCUT2D eigenvalue weighted by Gasteiger charge is -1.91. The Morgan fingerprint density at radius 2 is 2.24 bits per heavy atom. The number of primary amides is 1. The Morgan fingerprint density at radius 3 is 2.71 bits per heavy atom. The van der Waals surface area contributed by atoms with E-state index in [0.717, 1.165) is 11.3 Å². The zero-order valence-corrected chi connectivity index (χ0v) is 9.70. The second-order valence-electron chi connectivity index (χ2n) is 2.96. The predicted molar refractivity (Wildman–Crippen MR) is 59.7 cm³/mol. The molecule has 9 heteroatoms. The van der Waals surface area contributed by atoms with E-state index >= 15 is 0 Å². The number of carboxylic acids is 1. The second-order valence-corrected chi connectivity index (χ2v) is 4.29. The van der Waals surface area contributed by atoms with Gasteiger partial charge < -0.3 is 10.8 Å². The Balaban J connectivity index is 2.42. The maximum atomic E-state index is 10.9. The Bertz CT molecular complexity index is 606. The van der Waals surface area contributed by atoms with E-state index in [1.165, 1.54) is 17.1 Å². The van der Waals surface area contributed by atoms with E-state index in [1.807, 2.05) is 0 Å². The van der Waals surface area contributed by atoms with Gasteiger partial charge in [0.25, 0.3) is 5.91 Å². The number of aromatic nitrogens is 3. The minimum Gasteiger partial charge on any atom is -0.477 e. The molecule has 0 unspecified atom stereocenters. The Labute approximate surface area is 103 Å². The van der Waals surface area contributed by atoms with Crippen molar-refractivity contribution in [2.75, 3.05) is 0 Å². The lowest BCUT2D eigenvalue weighted by Crippen LogP contribution is -2.09. The zero-order chi connectivity index (χ0) is 12.6. The summed E-state index contributed by atoms with van der Waals surface area (Å²) in [5.41, 5.74) is 5.26. The summed E-state index contributed by atoms with van der Waals surface area (Å²) in [7, 11) is 0. The van der Waals surface area contributed by atoms with Crippen molar-refractivity contribution < 1.29 is 14.7 Å². The van der Waals surface area contributed by atoms with E-state index in [0.29, 0.717) is 0 Å². The molecule has 0 aromatic carbocycles. The largest absolute Gasteiger partial charge is 0.477 e. The molecule has 88 valence electrons. The summed E-state index contributed by atoms with van der Waals surface area (Å²) in [5.74, 6) is -1.79. The highest BCUT2D eigenvalue weighted by Crippen LogP contribution is 2.25. The van der Waals surface area contributed by atoms with Crippen LogP contribution in [0.2, 0.25) is 5.15 Å². The van der Waals surface area contributed by atoms with Gasteiger partial charge in [-0.05, 0) is 0 Å². The monoisotopic (exact) mass is 272 g/mol. The summed E-state index contributed by atoms with van der Waals surface area (Å²) < 4.78 is 1.24. The third-order valence-corrected chi connectivity index (χ3v) is 3.25. The SMILES string of the molecule is NC(=O)c1cnn(-c2nc(Cl)c(C(=O)O)s2)c1. The lowest BCUT2D eigenvalue weighted by atomic mass is 10.4. The van der Waals surface area contributed by atoms with Crippen molar-refractivity contribution in [3.8, 4) is 5.13 Å². The van der Waals surface area contributed by atoms with Crippen LogP contribution in [0.1, 0.15) is 20.0 Å². The average molecular weight is 273 g/mol. The van der Waals surface area contributed by atoms with Gasteiger partial charge in [0.1, 0.15) is 0 Å². The number of hydrogen-bond donors (Lipinski definition) is 2.